The Kier molecular flexibility index (Phi) is 6.37. The summed E-state index contributed by atoms with van der Waals surface area (Å²) in [6, 6.07) is 15.1. The van der Waals surface area contributed by atoms with Gasteiger partial charge >= 0.3 is 0 Å². The van der Waals surface area contributed by atoms with Gasteiger partial charge < -0.3 is 14.9 Å². The van der Waals surface area contributed by atoms with Crippen molar-refractivity contribution < 1.29 is 14.4 Å². The van der Waals surface area contributed by atoms with Crippen molar-refractivity contribution in [3.63, 3.8) is 0 Å². The number of rotatable bonds is 7. The number of para-hydroxylation sites is 2. The molecule has 1 N–H and O–H groups in total. The molecule has 0 fully saturated rings. The van der Waals surface area contributed by atoms with Crippen LogP contribution in [0.15, 0.2) is 53.7 Å². The van der Waals surface area contributed by atoms with Gasteiger partial charge in [-0.2, -0.15) is 0 Å². The quantitative estimate of drug-likeness (QED) is 0.622. The number of amides is 1. The summed E-state index contributed by atoms with van der Waals surface area (Å²) in [6.07, 6.45) is 0.836. The Morgan fingerprint density at radius 3 is 2.67 bits per heavy atom. The molecule has 0 aliphatic rings. The van der Waals surface area contributed by atoms with Gasteiger partial charge in [0, 0.05) is 11.3 Å². The topological polar surface area (TPSA) is 59.9 Å². The standard InChI is InChI=1S/C19H22N2O3/c1-4-23-18-12-8-6-10-16(18)13-20-24-15(3)19(22)21-17-11-7-5-9-14(17)2/h5-13,15H,4H2,1-3H3,(H,21,22). The third-order valence-corrected chi connectivity index (χ3v) is 3.40. The van der Waals surface area contributed by atoms with Gasteiger partial charge in [0.1, 0.15) is 5.75 Å². The first-order chi connectivity index (χ1) is 11.6. The number of ether oxygens (including phenoxy) is 1. The molecule has 0 radical (unpaired) electrons. The summed E-state index contributed by atoms with van der Waals surface area (Å²) in [7, 11) is 0. The molecule has 5 heteroatoms. The second-order valence-corrected chi connectivity index (χ2v) is 5.26. The highest BCUT2D eigenvalue weighted by molar-refractivity contribution is 5.94. The van der Waals surface area contributed by atoms with Crippen molar-refractivity contribution in [2.45, 2.75) is 26.9 Å². The minimum atomic E-state index is -0.708. The van der Waals surface area contributed by atoms with Crippen LogP contribution in [0.4, 0.5) is 5.69 Å². The zero-order valence-electron chi connectivity index (χ0n) is 14.2. The summed E-state index contributed by atoms with van der Waals surface area (Å²) in [5.74, 6) is 0.476. The summed E-state index contributed by atoms with van der Waals surface area (Å²) in [5, 5.41) is 6.73. The van der Waals surface area contributed by atoms with Gasteiger partial charge in [0.25, 0.3) is 5.91 Å². The van der Waals surface area contributed by atoms with Gasteiger partial charge in [-0.1, -0.05) is 35.5 Å². The van der Waals surface area contributed by atoms with E-state index in [1.807, 2.05) is 62.4 Å². The number of benzene rings is 2. The molecule has 0 bridgehead atoms. The molecule has 1 atom stereocenters. The van der Waals surface area contributed by atoms with Gasteiger partial charge in [-0.25, -0.2) is 0 Å². The highest BCUT2D eigenvalue weighted by Crippen LogP contribution is 2.16. The van der Waals surface area contributed by atoms with Crippen molar-refractivity contribution in [1.82, 2.24) is 0 Å². The van der Waals surface area contributed by atoms with E-state index in [0.29, 0.717) is 6.61 Å². The molecule has 2 aromatic carbocycles. The second kappa shape index (κ2) is 8.72. The van der Waals surface area contributed by atoms with Crippen LogP contribution in [0.3, 0.4) is 0 Å². The number of oxime groups is 1. The van der Waals surface area contributed by atoms with Crippen LogP contribution in [-0.4, -0.2) is 24.8 Å². The van der Waals surface area contributed by atoms with E-state index < -0.39 is 6.10 Å². The molecule has 0 aliphatic carbocycles. The Morgan fingerprint density at radius 2 is 1.92 bits per heavy atom. The number of hydrogen-bond acceptors (Lipinski definition) is 4. The van der Waals surface area contributed by atoms with E-state index in [2.05, 4.69) is 10.5 Å². The predicted molar refractivity (Wildman–Crippen MR) is 95.6 cm³/mol. The highest BCUT2D eigenvalue weighted by atomic mass is 16.6. The van der Waals surface area contributed by atoms with E-state index in [-0.39, 0.29) is 5.91 Å². The predicted octanol–water partition coefficient (Wildman–Crippen LogP) is 3.77. The Hall–Kier alpha value is -2.82. The molecule has 0 saturated heterocycles. The van der Waals surface area contributed by atoms with Crippen LogP contribution in [0.5, 0.6) is 5.75 Å². The van der Waals surface area contributed by atoms with Gasteiger partial charge in [-0.15, -0.1) is 0 Å². The fraction of sp³-hybridized carbons (Fsp3) is 0.263. The van der Waals surface area contributed by atoms with Crippen molar-refractivity contribution in [2.75, 3.05) is 11.9 Å². The molecule has 126 valence electrons. The largest absolute Gasteiger partial charge is 0.493 e. The molecular weight excluding hydrogens is 304 g/mol. The fourth-order valence-corrected chi connectivity index (χ4v) is 2.05. The molecule has 2 aromatic rings. The number of carbonyl (C=O) groups excluding carboxylic acids is 1. The van der Waals surface area contributed by atoms with E-state index in [4.69, 9.17) is 9.57 Å². The number of nitrogens with zero attached hydrogens (tertiary/aromatic N) is 1. The number of hydrogen-bond donors (Lipinski definition) is 1. The minimum absolute atomic E-state index is 0.250. The van der Waals surface area contributed by atoms with E-state index in [9.17, 15) is 4.79 Å². The van der Waals surface area contributed by atoms with Crippen LogP contribution in [0, 0.1) is 6.92 Å². The molecule has 5 nitrogen and oxygen atoms in total. The monoisotopic (exact) mass is 326 g/mol. The van der Waals surface area contributed by atoms with Crippen LogP contribution in [0.1, 0.15) is 25.0 Å². The van der Waals surface area contributed by atoms with Crippen molar-refractivity contribution in [1.29, 1.82) is 0 Å². The van der Waals surface area contributed by atoms with Crippen molar-refractivity contribution in [2.24, 2.45) is 5.16 Å². The summed E-state index contributed by atoms with van der Waals surface area (Å²) in [4.78, 5) is 17.4. The van der Waals surface area contributed by atoms with Crippen molar-refractivity contribution >= 4 is 17.8 Å². The fourth-order valence-electron chi connectivity index (χ4n) is 2.05. The Bertz CT molecular complexity index is 713. The maximum absolute atomic E-state index is 12.1. The van der Waals surface area contributed by atoms with Crippen molar-refractivity contribution in [3.05, 3.63) is 59.7 Å². The summed E-state index contributed by atoms with van der Waals surface area (Å²) in [6.45, 7) is 6.08. The Labute approximate surface area is 142 Å². The first-order valence-corrected chi connectivity index (χ1v) is 7.89. The molecule has 24 heavy (non-hydrogen) atoms. The van der Waals surface area contributed by atoms with Gasteiger partial charge in [0.2, 0.25) is 6.10 Å². The first-order valence-electron chi connectivity index (χ1n) is 7.89. The molecule has 0 heterocycles. The molecule has 2 rings (SSSR count). The third kappa shape index (κ3) is 4.84. The summed E-state index contributed by atoms with van der Waals surface area (Å²) in [5.41, 5.74) is 2.56. The molecule has 0 aliphatic heterocycles. The smallest absolute Gasteiger partial charge is 0.267 e. The van der Waals surface area contributed by atoms with Gasteiger partial charge in [0.15, 0.2) is 0 Å². The number of aryl methyl sites for hydroxylation is 1. The lowest BCUT2D eigenvalue weighted by Crippen LogP contribution is -2.26. The van der Waals surface area contributed by atoms with Crippen LogP contribution < -0.4 is 10.1 Å². The second-order valence-electron chi connectivity index (χ2n) is 5.26. The van der Waals surface area contributed by atoms with E-state index >= 15 is 0 Å². The summed E-state index contributed by atoms with van der Waals surface area (Å²) >= 11 is 0. The normalized spacial score (nSPS) is 12.0. The minimum Gasteiger partial charge on any atom is -0.493 e. The highest BCUT2D eigenvalue weighted by Gasteiger charge is 2.14. The van der Waals surface area contributed by atoms with Crippen LogP contribution in [-0.2, 0) is 9.63 Å². The molecule has 0 spiro atoms. The average Bonchev–Trinajstić information content (AvgIpc) is 2.58. The third-order valence-electron chi connectivity index (χ3n) is 3.40. The molecule has 0 aromatic heterocycles. The van der Waals surface area contributed by atoms with E-state index in [0.717, 1.165) is 22.6 Å². The molecular formula is C19H22N2O3. The Morgan fingerprint density at radius 1 is 1.21 bits per heavy atom. The summed E-state index contributed by atoms with van der Waals surface area (Å²) < 4.78 is 5.51. The van der Waals surface area contributed by atoms with Crippen LogP contribution in [0.25, 0.3) is 0 Å². The lowest BCUT2D eigenvalue weighted by Gasteiger charge is -2.12. The molecule has 1 unspecified atom stereocenters. The van der Waals surface area contributed by atoms with Crippen LogP contribution >= 0.6 is 0 Å². The maximum Gasteiger partial charge on any atom is 0.267 e. The molecule has 1 amide bonds. The average molecular weight is 326 g/mol. The van der Waals surface area contributed by atoms with E-state index in [1.54, 1.807) is 13.1 Å². The lowest BCUT2D eigenvalue weighted by atomic mass is 10.2. The lowest BCUT2D eigenvalue weighted by molar-refractivity contribution is -0.126. The van der Waals surface area contributed by atoms with E-state index in [1.165, 1.54) is 0 Å². The van der Waals surface area contributed by atoms with Gasteiger partial charge in [-0.3, -0.25) is 4.79 Å². The maximum atomic E-state index is 12.1. The number of anilines is 1. The Balaban J connectivity index is 1.94. The van der Waals surface area contributed by atoms with Crippen LogP contribution in [0.2, 0.25) is 0 Å². The zero-order valence-corrected chi connectivity index (χ0v) is 14.2. The van der Waals surface area contributed by atoms with Gasteiger partial charge in [0.05, 0.1) is 12.8 Å². The molecule has 0 saturated carbocycles. The zero-order chi connectivity index (χ0) is 17.4. The SMILES string of the molecule is CCOc1ccccc1C=NOC(C)C(=O)Nc1ccccc1C. The number of nitrogens with one attached hydrogen (secondary N) is 1. The van der Waals surface area contributed by atoms with Gasteiger partial charge in [-0.05, 0) is 44.5 Å². The number of carbonyl (C=O) groups is 1. The first kappa shape index (κ1) is 17.5. The van der Waals surface area contributed by atoms with Crippen molar-refractivity contribution in [3.8, 4) is 5.75 Å².